The van der Waals surface area contributed by atoms with Gasteiger partial charge in [-0.25, -0.2) is 4.98 Å². The lowest BCUT2D eigenvalue weighted by Gasteiger charge is -2.16. The molecule has 0 fully saturated rings. The van der Waals surface area contributed by atoms with Gasteiger partial charge in [-0.15, -0.1) is 0 Å². The number of rotatable bonds is 0. The molecule has 0 spiro atoms. The molecule has 0 aliphatic carbocycles. The van der Waals surface area contributed by atoms with E-state index in [0.717, 1.165) is 18.8 Å². The minimum absolute atomic E-state index is 0.0298. The number of aromatic nitrogens is 2. The molecular formula is C7H9N3O. The highest BCUT2D eigenvalue weighted by atomic mass is 16.1. The van der Waals surface area contributed by atoms with Crippen molar-refractivity contribution in [2.24, 2.45) is 0 Å². The molecule has 1 N–H and O–H groups in total. The second-order valence-electron chi connectivity index (χ2n) is 2.54. The Morgan fingerprint density at radius 3 is 3.36 bits per heavy atom. The Hall–Kier alpha value is -1.16. The van der Waals surface area contributed by atoms with Gasteiger partial charge in [-0.1, -0.05) is 0 Å². The highest BCUT2D eigenvalue weighted by Gasteiger charge is 2.08. The van der Waals surface area contributed by atoms with Crippen LogP contribution in [0.4, 0.5) is 0 Å². The molecule has 58 valence electrons. The molecular weight excluding hydrogens is 142 g/mol. The van der Waals surface area contributed by atoms with Crippen molar-refractivity contribution >= 4 is 0 Å². The number of nitrogens with one attached hydrogen (secondary N) is 1. The summed E-state index contributed by atoms with van der Waals surface area (Å²) in [5.41, 5.74) is 0.0298. The van der Waals surface area contributed by atoms with Crippen molar-refractivity contribution in [2.45, 2.75) is 13.1 Å². The fourth-order valence-electron chi connectivity index (χ4n) is 1.23. The first kappa shape index (κ1) is 6.54. The summed E-state index contributed by atoms with van der Waals surface area (Å²) in [5.74, 6) is 0.885. The van der Waals surface area contributed by atoms with E-state index < -0.39 is 0 Å². The summed E-state index contributed by atoms with van der Waals surface area (Å²) >= 11 is 0. The van der Waals surface area contributed by atoms with Gasteiger partial charge in [-0.2, -0.15) is 0 Å². The van der Waals surface area contributed by atoms with E-state index in [-0.39, 0.29) is 5.56 Å². The monoisotopic (exact) mass is 151 g/mol. The predicted molar refractivity (Wildman–Crippen MR) is 40.2 cm³/mol. The third-order valence-electron chi connectivity index (χ3n) is 1.81. The largest absolute Gasteiger partial charge is 0.299 e. The molecule has 0 radical (unpaired) electrons. The number of hydrogen-bond donors (Lipinski definition) is 1. The standard InChI is InChI=1S/C7H9N3O/c11-7-2-4-9-6-1-3-8-5-10(6)7/h2,4,8H,1,3,5H2. The Kier molecular flexibility index (Phi) is 1.47. The van der Waals surface area contributed by atoms with E-state index in [4.69, 9.17) is 0 Å². The quantitative estimate of drug-likeness (QED) is 0.535. The average Bonchev–Trinajstić information content (AvgIpc) is 2.06. The minimum atomic E-state index is 0.0298. The average molecular weight is 151 g/mol. The minimum Gasteiger partial charge on any atom is -0.299 e. The van der Waals surface area contributed by atoms with E-state index >= 15 is 0 Å². The van der Waals surface area contributed by atoms with Crippen molar-refractivity contribution in [3.63, 3.8) is 0 Å². The number of hydrogen-bond acceptors (Lipinski definition) is 3. The third-order valence-corrected chi connectivity index (χ3v) is 1.81. The Morgan fingerprint density at radius 1 is 1.64 bits per heavy atom. The normalized spacial score (nSPS) is 16.0. The van der Waals surface area contributed by atoms with Gasteiger partial charge < -0.3 is 0 Å². The van der Waals surface area contributed by atoms with Gasteiger partial charge in [-0.05, 0) is 0 Å². The smallest absolute Gasteiger partial charge is 0.254 e. The Bertz CT molecular complexity index is 318. The van der Waals surface area contributed by atoms with E-state index in [1.165, 1.54) is 6.07 Å². The summed E-state index contributed by atoms with van der Waals surface area (Å²) < 4.78 is 1.66. The van der Waals surface area contributed by atoms with Crippen LogP contribution in [0.5, 0.6) is 0 Å². The molecule has 0 amide bonds. The molecule has 0 bridgehead atoms. The molecule has 2 rings (SSSR count). The van der Waals surface area contributed by atoms with Crippen molar-refractivity contribution < 1.29 is 0 Å². The zero-order chi connectivity index (χ0) is 7.68. The van der Waals surface area contributed by atoms with Crippen LogP contribution in [-0.2, 0) is 13.1 Å². The number of nitrogens with zero attached hydrogens (tertiary/aromatic N) is 2. The Morgan fingerprint density at radius 2 is 2.55 bits per heavy atom. The fourth-order valence-corrected chi connectivity index (χ4v) is 1.23. The predicted octanol–water partition coefficient (Wildman–Crippen LogP) is -0.654. The first-order valence-electron chi connectivity index (χ1n) is 3.63. The summed E-state index contributed by atoms with van der Waals surface area (Å²) in [6.07, 6.45) is 2.41. The van der Waals surface area contributed by atoms with E-state index in [9.17, 15) is 4.79 Å². The Labute approximate surface area is 63.9 Å². The van der Waals surface area contributed by atoms with E-state index in [2.05, 4.69) is 10.3 Å². The molecule has 1 aliphatic heterocycles. The second kappa shape index (κ2) is 2.47. The third kappa shape index (κ3) is 1.05. The zero-order valence-electron chi connectivity index (χ0n) is 6.08. The molecule has 1 aliphatic rings. The van der Waals surface area contributed by atoms with Gasteiger partial charge in [0.05, 0.1) is 6.67 Å². The molecule has 11 heavy (non-hydrogen) atoms. The van der Waals surface area contributed by atoms with E-state index in [1.807, 2.05) is 0 Å². The lowest BCUT2D eigenvalue weighted by Crippen LogP contribution is -2.37. The van der Waals surface area contributed by atoms with Crippen LogP contribution >= 0.6 is 0 Å². The molecule has 2 heterocycles. The van der Waals surface area contributed by atoms with Gasteiger partial charge in [0.25, 0.3) is 5.56 Å². The SMILES string of the molecule is O=c1ccnc2n1CNCC2. The van der Waals surface area contributed by atoms with Crippen LogP contribution in [0, 0.1) is 0 Å². The van der Waals surface area contributed by atoms with Crippen molar-refractivity contribution in [1.29, 1.82) is 0 Å². The van der Waals surface area contributed by atoms with Crippen LogP contribution in [0.15, 0.2) is 17.1 Å². The van der Waals surface area contributed by atoms with Gasteiger partial charge in [0, 0.05) is 25.2 Å². The summed E-state index contributed by atoms with van der Waals surface area (Å²) in [4.78, 5) is 15.2. The van der Waals surface area contributed by atoms with Crippen LogP contribution in [-0.4, -0.2) is 16.1 Å². The summed E-state index contributed by atoms with van der Waals surface area (Å²) in [7, 11) is 0. The van der Waals surface area contributed by atoms with Crippen molar-refractivity contribution in [3.05, 3.63) is 28.4 Å². The summed E-state index contributed by atoms with van der Waals surface area (Å²) in [6, 6.07) is 1.48. The van der Waals surface area contributed by atoms with Gasteiger partial charge in [-0.3, -0.25) is 14.7 Å². The lowest BCUT2D eigenvalue weighted by atomic mass is 10.3. The summed E-state index contributed by atoms with van der Waals surface area (Å²) in [6.45, 7) is 1.51. The molecule has 4 nitrogen and oxygen atoms in total. The van der Waals surface area contributed by atoms with Crippen LogP contribution < -0.4 is 10.9 Å². The highest BCUT2D eigenvalue weighted by molar-refractivity contribution is 4.96. The molecule has 1 aromatic heterocycles. The van der Waals surface area contributed by atoms with Gasteiger partial charge in [0.1, 0.15) is 5.82 Å². The van der Waals surface area contributed by atoms with Crippen LogP contribution in [0.25, 0.3) is 0 Å². The highest BCUT2D eigenvalue weighted by Crippen LogP contribution is 1.95. The first-order valence-corrected chi connectivity index (χ1v) is 3.63. The maximum absolute atomic E-state index is 11.1. The van der Waals surface area contributed by atoms with E-state index in [0.29, 0.717) is 6.67 Å². The van der Waals surface area contributed by atoms with Crippen molar-refractivity contribution in [3.8, 4) is 0 Å². The molecule has 0 saturated heterocycles. The maximum atomic E-state index is 11.1. The van der Waals surface area contributed by atoms with Gasteiger partial charge >= 0.3 is 0 Å². The summed E-state index contributed by atoms with van der Waals surface area (Å²) in [5, 5.41) is 3.10. The molecule has 0 aromatic carbocycles. The second-order valence-corrected chi connectivity index (χ2v) is 2.54. The van der Waals surface area contributed by atoms with Gasteiger partial charge in [0.2, 0.25) is 0 Å². The van der Waals surface area contributed by atoms with Crippen LogP contribution in [0.1, 0.15) is 5.82 Å². The topological polar surface area (TPSA) is 46.9 Å². The molecule has 4 heteroatoms. The molecule has 0 unspecified atom stereocenters. The van der Waals surface area contributed by atoms with Crippen molar-refractivity contribution in [1.82, 2.24) is 14.9 Å². The van der Waals surface area contributed by atoms with E-state index in [1.54, 1.807) is 10.8 Å². The Balaban J connectivity index is 2.58. The van der Waals surface area contributed by atoms with Crippen molar-refractivity contribution in [2.75, 3.05) is 6.54 Å². The zero-order valence-corrected chi connectivity index (χ0v) is 6.08. The van der Waals surface area contributed by atoms with Crippen LogP contribution in [0.3, 0.4) is 0 Å². The first-order chi connectivity index (χ1) is 5.38. The van der Waals surface area contributed by atoms with Gasteiger partial charge in [0.15, 0.2) is 0 Å². The van der Waals surface area contributed by atoms with Crippen LogP contribution in [0.2, 0.25) is 0 Å². The number of fused-ring (bicyclic) bond motifs is 1. The fraction of sp³-hybridized carbons (Fsp3) is 0.429. The lowest BCUT2D eigenvalue weighted by molar-refractivity contribution is 0.463. The maximum Gasteiger partial charge on any atom is 0.254 e. The molecule has 0 atom stereocenters. The molecule has 1 aromatic rings. The molecule has 0 saturated carbocycles.